The molecule has 2 heterocycles. The SMILES string of the molecule is O=C(O)CC(NC(=O)C1CC(=O)N(c2ccc(F)c(NC(=O)NCc3ccccc3)c2)C1)c1cccnc1. The number of hydrogen-bond donors (Lipinski definition) is 4. The van der Waals surface area contributed by atoms with Crippen LogP contribution in [0.1, 0.15) is 30.0 Å². The summed E-state index contributed by atoms with van der Waals surface area (Å²) in [5.74, 6) is -3.35. The number of urea groups is 1. The fourth-order valence-electron chi connectivity index (χ4n) is 4.15. The topological polar surface area (TPSA) is 141 Å². The van der Waals surface area contributed by atoms with Crippen LogP contribution in [0.15, 0.2) is 73.1 Å². The van der Waals surface area contributed by atoms with Crippen molar-refractivity contribution in [2.45, 2.75) is 25.4 Å². The quantitative estimate of drug-likeness (QED) is 0.342. The highest BCUT2D eigenvalue weighted by molar-refractivity contribution is 6.01. The van der Waals surface area contributed by atoms with Gasteiger partial charge in [0.05, 0.1) is 24.1 Å². The van der Waals surface area contributed by atoms with Crippen LogP contribution in [-0.4, -0.2) is 40.5 Å². The van der Waals surface area contributed by atoms with E-state index in [1.807, 2.05) is 30.3 Å². The summed E-state index contributed by atoms with van der Waals surface area (Å²) in [5, 5.41) is 17.1. The van der Waals surface area contributed by atoms with Crippen LogP contribution in [0.3, 0.4) is 0 Å². The molecule has 4 N–H and O–H groups in total. The Morgan fingerprint density at radius 3 is 2.61 bits per heavy atom. The molecule has 11 heteroatoms. The lowest BCUT2D eigenvalue weighted by Gasteiger charge is -2.20. The minimum atomic E-state index is -1.09. The largest absolute Gasteiger partial charge is 0.481 e. The van der Waals surface area contributed by atoms with Gasteiger partial charge in [0.25, 0.3) is 0 Å². The summed E-state index contributed by atoms with van der Waals surface area (Å²) >= 11 is 0. The predicted molar refractivity (Wildman–Crippen MR) is 137 cm³/mol. The Labute approximate surface area is 217 Å². The van der Waals surface area contributed by atoms with Crippen molar-refractivity contribution in [1.82, 2.24) is 15.6 Å². The number of rotatable bonds is 9. The molecule has 4 rings (SSSR count). The smallest absolute Gasteiger partial charge is 0.319 e. The Bertz CT molecular complexity index is 1320. The molecular weight excluding hydrogens is 493 g/mol. The highest BCUT2D eigenvalue weighted by Crippen LogP contribution is 2.29. The average molecular weight is 520 g/mol. The van der Waals surface area contributed by atoms with Gasteiger partial charge in [-0.05, 0) is 35.4 Å². The van der Waals surface area contributed by atoms with Gasteiger partial charge < -0.3 is 26.0 Å². The van der Waals surface area contributed by atoms with Gasteiger partial charge in [-0.2, -0.15) is 0 Å². The summed E-state index contributed by atoms with van der Waals surface area (Å²) in [7, 11) is 0. The van der Waals surface area contributed by atoms with E-state index in [1.54, 1.807) is 12.1 Å². The maximum atomic E-state index is 14.4. The van der Waals surface area contributed by atoms with Crippen LogP contribution in [0.4, 0.5) is 20.6 Å². The molecule has 0 radical (unpaired) electrons. The lowest BCUT2D eigenvalue weighted by Crippen LogP contribution is -2.36. The number of pyridine rings is 1. The molecule has 4 amide bonds. The molecule has 196 valence electrons. The van der Waals surface area contributed by atoms with Crippen molar-refractivity contribution in [3.63, 3.8) is 0 Å². The zero-order valence-corrected chi connectivity index (χ0v) is 20.3. The first-order valence-electron chi connectivity index (χ1n) is 11.9. The Kier molecular flexibility index (Phi) is 8.27. The second-order valence-corrected chi connectivity index (χ2v) is 8.81. The molecule has 0 saturated carbocycles. The first-order chi connectivity index (χ1) is 18.3. The number of amides is 4. The Morgan fingerprint density at radius 1 is 1.11 bits per heavy atom. The summed E-state index contributed by atoms with van der Waals surface area (Å²) < 4.78 is 14.4. The van der Waals surface area contributed by atoms with E-state index in [2.05, 4.69) is 20.9 Å². The molecule has 10 nitrogen and oxygen atoms in total. The van der Waals surface area contributed by atoms with Crippen LogP contribution in [0.5, 0.6) is 0 Å². The maximum absolute atomic E-state index is 14.4. The van der Waals surface area contributed by atoms with Crippen LogP contribution in [0.2, 0.25) is 0 Å². The number of nitrogens with zero attached hydrogens (tertiary/aromatic N) is 2. The zero-order valence-electron chi connectivity index (χ0n) is 20.3. The normalized spacial score (nSPS) is 15.6. The molecule has 0 aliphatic carbocycles. The van der Waals surface area contributed by atoms with Gasteiger partial charge in [-0.25, -0.2) is 9.18 Å². The van der Waals surface area contributed by atoms with Gasteiger partial charge in [0.1, 0.15) is 5.82 Å². The summed E-state index contributed by atoms with van der Waals surface area (Å²) in [6.45, 7) is 0.264. The average Bonchev–Trinajstić information content (AvgIpc) is 3.31. The van der Waals surface area contributed by atoms with E-state index < -0.39 is 35.7 Å². The molecule has 2 aromatic carbocycles. The van der Waals surface area contributed by atoms with Gasteiger partial charge in [0, 0.05) is 37.6 Å². The molecule has 0 bridgehead atoms. The zero-order chi connectivity index (χ0) is 27.1. The number of anilines is 2. The van der Waals surface area contributed by atoms with Crippen molar-refractivity contribution in [1.29, 1.82) is 0 Å². The third kappa shape index (κ3) is 6.69. The Hall–Kier alpha value is -4.80. The Balaban J connectivity index is 1.40. The molecule has 1 saturated heterocycles. The monoisotopic (exact) mass is 519 g/mol. The minimum absolute atomic E-state index is 0.0166. The predicted octanol–water partition coefficient (Wildman–Crippen LogP) is 3.23. The minimum Gasteiger partial charge on any atom is -0.481 e. The van der Waals surface area contributed by atoms with Gasteiger partial charge in [-0.15, -0.1) is 0 Å². The summed E-state index contributed by atoms with van der Waals surface area (Å²) in [6.07, 6.45) is 2.57. The van der Waals surface area contributed by atoms with Gasteiger partial charge in [-0.1, -0.05) is 36.4 Å². The molecule has 2 atom stereocenters. The first kappa shape index (κ1) is 26.3. The number of aliphatic carboxylic acids is 1. The molecule has 1 aliphatic heterocycles. The van der Waals surface area contributed by atoms with Crippen molar-refractivity contribution >= 4 is 35.2 Å². The van der Waals surface area contributed by atoms with E-state index >= 15 is 0 Å². The second kappa shape index (κ2) is 12.0. The standard InChI is InChI=1S/C27H26FN5O5/c28-21-9-8-20(12-23(21)32-27(38)30-14-17-5-2-1-3-6-17)33-16-19(11-24(33)34)26(37)31-22(13-25(35)36)18-7-4-10-29-15-18/h1-10,12,15,19,22H,11,13-14,16H2,(H,31,37)(H,35,36)(H2,30,32,38). The van der Waals surface area contributed by atoms with Crippen LogP contribution < -0.4 is 20.9 Å². The number of halogens is 1. The van der Waals surface area contributed by atoms with Gasteiger partial charge in [-0.3, -0.25) is 19.4 Å². The van der Waals surface area contributed by atoms with Crippen LogP contribution in [-0.2, 0) is 20.9 Å². The number of aromatic nitrogens is 1. The van der Waals surface area contributed by atoms with Crippen LogP contribution >= 0.6 is 0 Å². The fraction of sp³-hybridized carbons (Fsp3) is 0.222. The molecule has 2 unspecified atom stereocenters. The Morgan fingerprint density at radius 2 is 1.89 bits per heavy atom. The highest BCUT2D eigenvalue weighted by Gasteiger charge is 2.36. The fourth-order valence-corrected chi connectivity index (χ4v) is 4.15. The lowest BCUT2D eigenvalue weighted by atomic mass is 10.0. The van der Waals surface area contributed by atoms with E-state index in [0.717, 1.165) is 11.6 Å². The third-order valence-electron chi connectivity index (χ3n) is 6.08. The van der Waals surface area contributed by atoms with Crippen molar-refractivity contribution in [2.75, 3.05) is 16.8 Å². The van der Waals surface area contributed by atoms with Crippen molar-refractivity contribution in [2.24, 2.45) is 5.92 Å². The summed E-state index contributed by atoms with van der Waals surface area (Å²) in [6, 6.07) is 14.9. The number of nitrogens with one attached hydrogen (secondary N) is 3. The van der Waals surface area contributed by atoms with E-state index in [4.69, 9.17) is 0 Å². The second-order valence-electron chi connectivity index (χ2n) is 8.81. The summed E-state index contributed by atoms with van der Waals surface area (Å²) in [4.78, 5) is 54.7. The molecule has 0 spiro atoms. The molecule has 38 heavy (non-hydrogen) atoms. The number of carboxylic acids is 1. The van der Waals surface area contributed by atoms with Crippen molar-refractivity contribution < 1.29 is 28.7 Å². The number of hydrogen-bond acceptors (Lipinski definition) is 5. The lowest BCUT2D eigenvalue weighted by molar-refractivity contribution is -0.138. The van der Waals surface area contributed by atoms with E-state index in [0.29, 0.717) is 11.3 Å². The van der Waals surface area contributed by atoms with Crippen molar-refractivity contribution in [3.8, 4) is 0 Å². The molecular formula is C27H26FN5O5. The van der Waals surface area contributed by atoms with Crippen LogP contribution in [0.25, 0.3) is 0 Å². The molecule has 1 aliphatic rings. The molecule has 3 aromatic rings. The number of carboxylic acid groups (broad SMARTS) is 1. The maximum Gasteiger partial charge on any atom is 0.319 e. The number of carbonyl (C=O) groups excluding carboxylic acids is 3. The van der Waals surface area contributed by atoms with Crippen molar-refractivity contribution in [3.05, 3.63) is 90.0 Å². The van der Waals surface area contributed by atoms with Gasteiger partial charge >= 0.3 is 12.0 Å². The summed E-state index contributed by atoms with van der Waals surface area (Å²) in [5.41, 5.74) is 1.61. The van der Waals surface area contributed by atoms with E-state index in [-0.39, 0.29) is 37.5 Å². The third-order valence-corrected chi connectivity index (χ3v) is 6.08. The van der Waals surface area contributed by atoms with E-state index in [9.17, 15) is 28.7 Å². The van der Waals surface area contributed by atoms with Gasteiger partial charge in [0.2, 0.25) is 11.8 Å². The highest BCUT2D eigenvalue weighted by atomic mass is 19.1. The first-order valence-corrected chi connectivity index (χ1v) is 11.9. The van der Waals surface area contributed by atoms with Gasteiger partial charge in [0.15, 0.2) is 0 Å². The number of benzene rings is 2. The van der Waals surface area contributed by atoms with E-state index in [1.165, 1.54) is 29.4 Å². The molecule has 1 aromatic heterocycles. The van der Waals surface area contributed by atoms with Crippen LogP contribution in [0, 0.1) is 11.7 Å². The number of carbonyl (C=O) groups is 4. The molecule has 1 fully saturated rings.